The highest BCUT2D eigenvalue weighted by Gasteiger charge is 2.86. The van der Waals surface area contributed by atoms with Gasteiger partial charge in [-0.1, -0.05) is 109 Å². The molecular weight excluding hydrogens is 716 g/mol. The van der Waals surface area contributed by atoms with Crippen LogP contribution in [0.4, 0.5) is 0 Å². The number of carbonyl (C=O) groups is 2. The first-order chi connectivity index (χ1) is 26.7. The van der Waals surface area contributed by atoms with Crippen LogP contribution >= 0.6 is 0 Å². The number of aliphatic hydroxyl groups is 5. The van der Waals surface area contributed by atoms with E-state index in [1.807, 2.05) is 6.92 Å². The van der Waals surface area contributed by atoms with Crippen LogP contribution in [0.5, 0.6) is 0 Å². The fraction of sp³-hybridized carbons (Fsp3) is 0.644. The predicted octanol–water partition coefficient (Wildman–Crippen LogP) is 5.26. The van der Waals surface area contributed by atoms with Crippen molar-refractivity contribution < 1.29 is 54.1 Å². The zero-order chi connectivity index (χ0) is 40.6. The first kappa shape index (κ1) is 42.4. The van der Waals surface area contributed by atoms with Crippen molar-refractivity contribution in [3.63, 3.8) is 0 Å². The highest BCUT2D eigenvalue weighted by atomic mass is 16.6. The van der Waals surface area contributed by atoms with E-state index in [0.29, 0.717) is 11.1 Å². The molecule has 0 amide bonds. The van der Waals surface area contributed by atoms with Crippen molar-refractivity contribution in [2.75, 3.05) is 20.3 Å². The Morgan fingerprint density at radius 3 is 2.07 bits per heavy atom. The summed E-state index contributed by atoms with van der Waals surface area (Å²) in [6, 6.07) is 16.8. The molecule has 0 spiro atoms. The molecule has 1 aliphatic heterocycles. The SMILES string of the molecule is C=C(C)[C@]1(O)C[C@@H](COC(=O)c2ccccc2)[C@@]2(O)[C@H]([C@H]1OC)[C@@H]1O[C@]1(CO)[C@@H](O)[C@@]1(O)[C@@H]2[C@@H]([C@H](C)CCCCCCCC)[C@H](C)[C@@H]1OC(=O)c1ccccc1. The molecule has 4 aliphatic rings. The van der Waals surface area contributed by atoms with Crippen molar-refractivity contribution in [1.29, 1.82) is 0 Å². The van der Waals surface area contributed by atoms with E-state index < -0.39 is 95.0 Å². The minimum atomic E-state index is -2.39. The first-order valence-corrected chi connectivity index (χ1v) is 20.5. The summed E-state index contributed by atoms with van der Waals surface area (Å²) in [7, 11) is 1.41. The van der Waals surface area contributed by atoms with Gasteiger partial charge < -0.3 is 44.5 Å². The van der Waals surface area contributed by atoms with Crippen molar-refractivity contribution in [3.8, 4) is 0 Å². The van der Waals surface area contributed by atoms with E-state index >= 15 is 0 Å². The molecule has 6 rings (SSSR count). The van der Waals surface area contributed by atoms with Crippen molar-refractivity contribution >= 4 is 11.9 Å². The lowest BCUT2D eigenvalue weighted by Crippen LogP contribution is -2.73. The van der Waals surface area contributed by atoms with Crippen LogP contribution in [0.1, 0.15) is 99.8 Å². The van der Waals surface area contributed by atoms with E-state index in [0.717, 1.165) is 44.9 Å². The second-order valence-electron chi connectivity index (χ2n) is 17.2. The van der Waals surface area contributed by atoms with Crippen LogP contribution in [0, 0.1) is 35.5 Å². The predicted molar refractivity (Wildman–Crippen MR) is 208 cm³/mol. The number of fused-ring (bicyclic) bond motifs is 5. The largest absolute Gasteiger partial charge is 0.462 e. The molecule has 5 N–H and O–H groups in total. The maximum atomic E-state index is 14.0. The summed E-state index contributed by atoms with van der Waals surface area (Å²) >= 11 is 0. The Morgan fingerprint density at radius 2 is 1.50 bits per heavy atom. The van der Waals surface area contributed by atoms with Crippen LogP contribution < -0.4 is 0 Å². The van der Waals surface area contributed by atoms with Crippen LogP contribution in [-0.2, 0) is 18.9 Å². The maximum absolute atomic E-state index is 14.0. The van der Waals surface area contributed by atoms with Crippen LogP contribution in [0.15, 0.2) is 72.8 Å². The van der Waals surface area contributed by atoms with Crippen molar-refractivity contribution in [1.82, 2.24) is 0 Å². The molecule has 11 nitrogen and oxygen atoms in total. The summed E-state index contributed by atoms with van der Waals surface area (Å²) in [5, 5.41) is 63.7. The normalized spacial score (nSPS) is 39.0. The molecule has 11 heteroatoms. The van der Waals surface area contributed by atoms with E-state index in [2.05, 4.69) is 20.4 Å². The monoisotopic (exact) mass is 778 g/mol. The van der Waals surface area contributed by atoms with Gasteiger partial charge in [0.15, 0.2) is 0 Å². The molecule has 308 valence electrons. The highest BCUT2D eigenvalue weighted by Crippen LogP contribution is 2.70. The van der Waals surface area contributed by atoms with Crippen LogP contribution in [-0.4, -0.2) is 105 Å². The topological polar surface area (TPSA) is 176 Å². The number of aliphatic hydroxyl groups excluding tert-OH is 2. The van der Waals surface area contributed by atoms with Gasteiger partial charge in [0, 0.05) is 24.9 Å². The lowest BCUT2D eigenvalue weighted by molar-refractivity contribution is -0.283. The number of epoxide rings is 1. The van der Waals surface area contributed by atoms with Gasteiger partial charge in [-0.05, 0) is 60.9 Å². The van der Waals surface area contributed by atoms with Gasteiger partial charge in [0.2, 0.25) is 0 Å². The molecule has 56 heavy (non-hydrogen) atoms. The minimum absolute atomic E-state index is 0.166. The summed E-state index contributed by atoms with van der Waals surface area (Å²) in [6.45, 7) is 10.7. The fourth-order valence-corrected chi connectivity index (χ4v) is 11.2. The van der Waals surface area contributed by atoms with Crippen molar-refractivity contribution in [2.45, 2.75) is 126 Å². The number of carbonyl (C=O) groups excluding carboxylic acids is 2. The second-order valence-corrected chi connectivity index (χ2v) is 17.2. The number of benzene rings is 2. The summed E-state index contributed by atoms with van der Waals surface area (Å²) in [6.07, 6.45) is 1.42. The van der Waals surface area contributed by atoms with E-state index in [1.54, 1.807) is 67.6 Å². The van der Waals surface area contributed by atoms with Crippen molar-refractivity contribution in [2.24, 2.45) is 35.5 Å². The number of hydrogen-bond acceptors (Lipinski definition) is 11. The van der Waals surface area contributed by atoms with Gasteiger partial charge in [-0.3, -0.25) is 0 Å². The zero-order valence-electron chi connectivity index (χ0n) is 33.5. The smallest absolute Gasteiger partial charge is 0.338 e. The molecule has 3 aliphatic carbocycles. The van der Waals surface area contributed by atoms with Gasteiger partial charge in [-0.15, -0.1) is 0 Å². The van der Waals surface area contributed by atoms with Crippen molar-refractivity contribution in [3.05, 3.63) is 83.9 Å². The molecule has 14 atom stereocenters. The van der Waals surface area contributed by atoms with E-state index in [4.69, 9.17) is 18.9 Å². The van der Waals surface area contributed by atoms with E-state index in [9.17, 15) is 35.1 Å². The standard InChI is InChI=1S/C45H62O11/c1-7-8-9-10-11-14-19-28(4)33-29(5)36(55-40(48)31-22-17-13-18-23-31)45(52)35(33)44(51)32(25-54-39(47)30-20-15-12-16-21-30)24-42(50,27(2)3)37(53-6)34(44)38-43(26-46,56-38)41(45)49/h12-13,15-18,20-23,28-29,32-38,41,46,49-52H,2,7-11,14,19,24-26H2,1,3-6H3/t28-,29+,32+,33+,34-,35-,36+,37-,38+,41-,42-,43+,44-,45-/m1/s1. The van der Waals surface area contributed by atoms with Gasteiger partial charge in [0.25, 0.3) is 0 Å². The molecule has 0 unspecified atom stereocenters. The number of esters is 2. The Kier molecular flexibility index (Phi) is 12.6. The lowest BCUT2D eigenvalue weighted by Gasteiger charge is -2.59. The van der Waals surface area contributed by atoms with Gasteiger partial charge in [-0.25, -0.2) is 9.59 Å². The molecule has 0 bridgehead atoms. The minimum Gasteiger partial charge on any atom is -0.462 e. The summed E-state index contributed by atoms with van der Waals surface area (Å²) in [4.78, 5) is 27.4. The molecule has 4 fully saturated rings. The van der Waals surface area contributed by atoms with Crippen LogP contribution in [0.25, 0.3) is 0 Å². The molecular formula is C45H62O11. The maximum Gasteiger partial charge on any atom is 0.338 e. The Morgan fingerprint density at radius 1 is 0.911 bits per heavy atom. The Balaban J connectivity index is 1.51. The van der Waals surface area contributed by atoms with Gasteiger partial charge in [-0.2, -0.15) is 0 Å². The molecule has 1 heterocycles. The van der Waals surface area contributed by atoms with E-state index in [1.165, 1.54) is 7.11 Å². The van der Waals surface area contributed by atoms with Crippen LogP contribution in [0.3, 0.4) is 0 Å². The quantitative estimate of drug-likeness (QED) is 0.0651. The molecule has 2 aromatic carbocycles. The summed E-state index contributed by atoms with van der Waals surface area (Å²) < 4.78 is 24.6. The number of unbranched alkanes of at least 4 members (excludes halogenated alkanes) is 5. The Bertz CT molecular complexity index is 1690. The fourth-order valence-electron chi connectivity index (χ4n) is 11.2. The summed E-state index contributed by atoms with van der Waals surface area (Å²) in [5.74, 6) is -6.19. The molecule has 2 aromatic rings. The molecule has 1 saturated heterocycles. The lowest BCUT2D eigenvalue weighted by atomic mass is 9.51. The Hall–Kier alpha value is -3.16. The van der Waals surface area contributed by atoms with Gasteiger partial charge in [0.05, 0.1) is 36.0 Å². The average molecular weight is 779 g/mol. The molecule has 0 radical (unpaired) electrons. The third kappa shape index (κ3) is 6.95. The van der Waals surface area contributed by atoms with Crippen LogP contribution in [0.2, 0.25) is 0 Å². The summed E-state index contributed by atoms with van der Waals surface area (Å²) in [5.41, 5.74) is -7.19. The third-order valence-electron chi connectivity index (χ3n) is 14.0. The first-order valence-electron chi connectivity index (χ1n) is 20.5. The van der Waals surface area contributed by atoms with Gasteiger partial charge in [0.1, 0.15) is 35.1 Å². The average Bonchev–Trinajstić information content (AvgIpc) is 3.89. The molecule has 3 saturated carbocycles. The number of rotatable bonds is 16. The highest BCUT2D eigenvalue weighted by molar-refractivity contribution is 5.90. The second kappa shape index (κ2) is 16.6. The zero-order valence-corrected chi connectivity index (χ0v) is 33.5. The van der Waals surface area contributed by atoms with Gasteiger partial charge >= 0.3 is 11.9 Å². The number of ether oxygens (including phenoxy) is 4. The molecule has 0 aromatic heterocycles. The third-order valence-corrected chi connectivity index (χ3v) is 14.0. The Labute approximate surface area is 331 Å². The number of methoxy groups -OCH3 is 1. The van der Waals surface area contributed by atoms with E-state index in [-0.39, 0.29) is 24.5 Å². The number of hydrogen-bond donors (Lipinski definition) is 5.